The number of hydrogen-bond acceptors (Lipinski definition) is 1. The number of nitrogens with zero attached hydrogens (tertiary/aromatic N) is 1. The molecule has 1 aromatic carbocycles. The molecule has 99 valence electrons. The molecule has 0 amide bonds. The van der Waals surface area contributed by atoms with Crippen molar-refractivity contribution in [2.75, 3.05) is 20.1 Å². The first-order chi connectivity index (χ1) is 8.56. The monoisotopic (exact) mass is 264 g/mol. The van der Waals surface area contributed by atoms with E-state index in [4.69, 9.17) is 11.6 Å². The second kappa shape index (κ2) is 6.08. The van der Waals surface area contributed by atoms with Crippen LogP contribution in [-0.4, -0.2) is 25.0 Å². The van der Waals surface area contributed by atoms with Crippen LogP contribution < -0.4 is 0 Å². The minimum Gasteiger partial charge on any atom is -0.306 e. The highest BCUT2D eigenvalue weighted by molar-refractivity contribution is 6.31. The van der Waals surface area contributed by atoms with Gasteiger partial charge in [-0.2, -0.15) is 0 Å². The maximum absolute atomic E-state index is 6.13. The van der Waals surface area contributed by atoms with E-state index in [1.807, 2.05) is 0 Å². The van der Waals surface area contributed by atoms with Gasteiger partial charge in [-0.15, -0.1) is 0 Å². The molecule has 1 aliphatic rings. The van der Waals surface area contributed by atoms with Crippen LogP contribution in [0.2, 0.25) is 5.02 Å². The summed E-state index contributed by atoms with van der Waals surface area (Å²) in [4.78, 5) is 2.42. The van der Waals surface area contributed by atoms with E-state index in [9.17, 15) is 0 Å². The Morgan fingerprint density at radius 1 is 1.22 bits per heavy atom. The first-order valence-corrected chi connectivity index (χ1v) is 7.22. The van der Waals surface area contributed by atoms with E-state index >= 15 is 0 Å². The molecule has 0 atom stereocenters. The van der Waals surface area contributed by atoms with Crippen LogP contribution >= 0.6 is 11.6 Å². The van der Waals surface area contributed by atoms with E-state index in [0.717, 1.165) is 10.9 Å². The fraction of sp³-hybridized carbons (Fsp3) is 0.562. The van der Waals surface area contributed by atoms with E-state index < -0.39 is 0 Å². The highest BCUT2D eigenvalue weighted by Crippen LogP contribution is 2.26. The van der Waals surface area contributed by atoms with Crippen molar-refractivity contribution in [2.24, 2.45) is 5.92 Å². The largest absolute Gasteiger partial charge is 0.306 e. The Kier molecular flexibility index (Phi) is 4.69. The van der Waals surface area contributed by atoms with Gasteiger partial charge in [0.05, 0.1) is 0 Å². The molecule has 0 bridgehead atoms. The van der Waals surface area contributed by atoms with E-state index in [1.54, 1.807) is 0 Å². The summed E-state index contributed by atoms with van der Waals surface area (Å²) >= 11 is 6.13. The Morgan fingerprint density at radius 2 is 1.89 bits per heavy atom. The van der Waals surface area contributed by atoms with Crippen LogP contribution in [0.3, 0.4) is 0 Å². The number of piperidine rings is 1. The number of rotatable bonds is 3. The van der Waals surface area contributed by atoms with Gasteiger partial charge in [0, 0.05) is 5.02 Å². The zero-order valence-electron chi connectivity index (χ0n) is 11.7. The average Bonchev–Trinajstić information content (AvgIpc) is 2.34. The van der Waals surface area contributed by atoms with Crippen molar-refractivity contribution >= 4 is 11.6 Å². The number of hydrogen-bond donors (Lipinski definition) is 0. The van der Waals surface area contributed by atoms with Gasteiger partial charge in [0.25, 0.3) is 0 Å². The van der Waals surface area contributed by atoms with Crippen molar-refractivity contribution in [1.29, 1.82) is 0 Å². The summed E-state index contributed by atoms with van der Waals surface area (Å²) in [5.74, 6) is 0.858. The summed E-state index contributed by atoms with van der Waals surface area (Å²) in [6, 6.07) is 4.30. The van der Waals surface area contributed by atoms with Crippen LogP contribution in [0.5, 0.6) is 0 Å². The van der Waals surface area contributed by atoms with Crippen LogP contribution in [0.15, 0.2) is 12.1 Å². The minimum absolute atomic E-state index is 0.858. The molecule has 1 fully saturated rings. The van der Waals surface area contributed by atoms with Gasteiger partial charge < -0.3 is 4.90 Å². The number of aryl methyl sites for hydroxylation is 2. The highest BCUT2D eigenvalue weighted by atomic mass is 35.5. The molecule has 1 saturated heterocycles. The summed E-state index contributed by atoms with van der Waals surface area (Å²) in [5, 5.41) is 0.879. The zero-order chi connectivity index (χ0) is 13.1. The van der Waals surface area contributed by atoms with Crippen LogP contribution in [0, 0.1) is 26.2 Å². The molecular formula is C16H23ClN. The van der Waals surface area contributed by atoms with Gasteiger partial charge in [-0.1, -0.05) is 17.7 Å². The maximum atomic E-state index is 6.13. The molecule has 1 nitrogen and oxygen atoms in total. The van der Waals surface area contributed by atoms with Gasteiger partial charge in [0.2, 0.25) is 0 Å². The zero-order valence-corrected chi connectivity index (χ0v) is 12.4. The van der Waals surface area contributed by atoms with Crippen molar-refractivity contribution in [1.82, 2.24) is 4.90 Å². The molecule has 0 aliphatic carbocycles. The van der Waals surface area contributed by atoms with Crippen LogP contribution in [0.1, 0.15) is 36.0 Å². The molecule has 1 aliphatic heterocycles. The third-order valence-corrected chi connectivity index (χ3v) is 4.46. The van der Waals surface area contributed by atoms with Crippen molar-refractivity contribution in [3.8, 4) is 0 Å². The summed E-state index contributed by atoms with van der Waals surface area (Å²) in [6.45, 7) is 6.72. The summed E-state index contributed by atoms with van der Waals surface area (Å²) in [7, 11) is 2.21. The Bertz CT molecular complexity index is 406. The predicted octanol–water partition coefficient (Wildman–Crippen LogP) is 4.24. The third-order valence-electron chi connectivity index (χ3n) is 4.06. The van der Waals surface area contributed by atoms with Crippen molar-refractivity contribution in [3.05, 3.63) is 40.3 Å². The molecule has 0 spiro atoms. The molecule has 0 aromatic heterocycles. The van der Waals surface area contributed by atoms with E-state index in [-0.39, 0.29) is 0 Å². The summed E-state index contributed by atoms with van der Waals surface area (Å²) in [5.41, 5.74) is 3.83. The van der Waals surface area contributed by atoms with Crippen molar-refractivity contribution < 1.29 is 0 Å². The van der Waals surface area contributed by atoms with Gasteiger partial charge in [0.1, 0.15) is 0 Å². The SMILES string of the molecule is Cc1cc([CH]CC2CCN(C)CC2)c(C)cc1Cl. The average molecular weight is 265 g/mol. The lowest BCUT2D eigenvalue weighted by Gasteiger charge is -2.29. The lowest BCUT2D eigenvalue weighted by molar-refractivity contribution is 0.219. The number of halogens is 1. The Labute approximate surface area is 116 Å². The van der Waals surface area contributed by atoms with Crippen LogP contribution in [0.4, 0.5) is 0 Å². The summed E-state index contributed by atoms with van der Waals surface area (Å²) < 4.78 is 0. The minimum atomic E-state index is 0.858. The standard InChI is InChI=1S/C16H23ClN/c1-12-11-16(17)13(2)10-15(12)5-4-14-6-8-18(3)9-7-14/h5,10-11,14H,4,6-9H2,1-3H3. The van der Waals surface area contributed by atoms with Gasteiger partial charge in [-0.3, -0.25) is 0 Å². The number of likely N-dealkylation sites (tertiary alicyclic amines) is 1. The molecule has 2 heteroatoms. The van der Waals surface area contributed by atoms with Crippen LogP contribution in [-0.2, 0) is 0 Å². The molecule has 0 saturated carbocycles. The quantitative estimate of drug-likeness (QED) is 0.789. The van der Waals surface area contributed by atoms with Gasteiger partial charge in [-0.25, -0.2) is 0 Å². The molecule has 1 radical (unpaired) electrons. The van der Waals surface area contributed by atoms with E-state index in [2.05, 4.69) is 44.3 Å². The maximum Gasteiger partial charge on any atom is 0.0438 e. The topological polar surface area (TPSA) is 3.24 Å². The second-order valence-corrected chi connectivity index (χ2v) is 6.05. The molecule has 2 rings (SSSR count). The molecular weight excluding hydrogens is 242 g/mol. The van der Waals surface area contributed by atoms with Gasteiger partial charge >= 0.3 is 0 Å². The van der Waals surface area contributed by atoms with Gasteiger partial charge in [-0.05, 0) is 88.3 Å². The lowest BCUT2D eigenvalue weighted by atomic mass is 9.89. The molecule has 18 heavy (non-hydrogen) atoms. The fourth-order valence-corrected chi connectivity index (χ4v) is 2.83. The Morgan fingerprint density at radius 3 is 2.56 bits per heavy atom. The molecule has 0 N–H and O–H groups in total. The Balaban J connectivity index is 1.92. The smallest absolute Gasteiger partial charge is 0.0438 e. The van der Waals surface area contributed by atoms with Crippen molar-refractivity contribution in [3.63, 3.8) is 0 Å². The van der Waals surface area contributed by atoms with Crippen molar-refractivity contribution in [2.45, 2.75) is 33.1 Å². The van der Waals surface area contributed by atoms with E-state index in [1.165, 1.54) is 49.0 Å². The normalized spacial score (nSPS) is 18.2. The highest BCUT2D eigenvalue weighted by Gasteiger charge is 2.16. The summed E-state index contributed by atoms with van der Waals surface area (Å²) in [6.07, 6.45) is 6.27. The third kappa shape index (κ3) is 3.49. The Hall–Kier alpha value is -0.530. The first kappa shape index (κ1) is 13.9. The predicted molar refractivity (Wildman–Crippen MR) is 79.2 cm³/mol. The van der Waals surface area contributed by atoms with E-state index in [0.29, 0.717) is 0 Å². The molecule has 1 heterocycles. The lowest BCUT2D eigenvalue weighted by Crippen LogP contribution is -2.30. The molecule has 0 unspecified atom stereocenters. The van der Waals surface area contributed by atoms with Gasteiger partial charge in [0.15, 0.2) is 0 Å². The fourth-order valence-electron chi connectivity index (χ4n) is 2.61. The molecule has 1 aromatic rings. The first-order valence-electron chi connectivity index (χ1n) is 6.85. The second-order valence-electron chi connectivity index (χ2n) is 5.64. The number of benzene rings is 1. The van der Waals surface area contributed by atoms with Crippen LogP contribution in [0.25, 0.3) is 0 Å².